The number of benzene rings is 2. The molecule has 0 radical (unpaired) electrons. The molecule has 2 heterocycles. The molecule has 1 fully saturated rings. The van der Waals surface area contributed by atoms with E-state index in [0.29, 0.717) is 28.7 Å². The van der Waals surface area contributed by atoms with Gasteiger partial charge in [0.25, 0.3) is 0 Å². The van der Waals surface area contributed by atoms with Crippen molar-refractivity contribution < 1.29 is 9.32 Å². The van der Waals surface area contributed by atoms with Crippen molar-refractivity contribution in [3.05, 3.63) is 41.5 Å². The molecule has 0 saturated carbocycles. The van der Waals surface area contributed by atoms with E-state index in [2.05, 4.69) is 42.2 Å². The van der Waals surface area contributed by atoms with Crippen LogP contribution >= 0.6 is 0 Å². The summed E-state index contributed by atoms with van der Waals surface area (Å²) in [7, 11) is 0. The highest BCUT2D eigenvalue weighted by Gasteiger charge is 2.34. The monoisotopic (exact) mass is 389 g/mol. The summed E-state index contributed by atoms with van der Waals surface area (Å²) in [5.41, 5.74) is 5.00. The number of ketones is 1. The van der Waals surface area contributed by atoms with Crippen LogP contribution in [0.2, 0.25) is 0 Å². The Morgan fingerprint density at radius 2 is 2.07 bits per heavy atom. The summed E-state index contributed by atoms with van der Waals surface area (Å²) in [6.07, 6.45) is 2.43. The molecule has 2 aromatic carbocycles. The quantitative estimate of drug-likeness (QED) is 0.510. The minimum Gasteiger partial charge on any atom is -0.384 e. The van der Waals surface area contributed by atoms with Crippen LogP contribution in [0, 0.1) is 11.8 Å². The zero-order valence-corrected chi connectivity index (χ0v) is 17.3. The Bertz CT molecular complexity index is 1100. The third-order valence-electron chi connectivity index (χ3n) is 6.08. The lowest BCUT2D eigenvalue weighted by molar-refractivity contribution is 0.104. The second-order valence-corrected chi connectivity index (χ2v) is 8.90. The first kappa shape index (κ1) is 18.2. The Balaban J connectivity index is 1.75. The maximum absolute atomic E-state index is 13.5. The lowest BCUT2D eigenvalue weighted by atomic mass is 9.86. The maximum Gasteiger partial charge on any atom is 0.196 e. The summed E-state index contributed by atoms with van der Waals surface area (Å²) in [4.78, 5) is 15.9. The molecule has 0 spiro atoms. The summed E-state index contributed by atoms with van der Waals surface area (Å²) in [5.74, 6) is 1.88. The molecular weight excluding hydrogens is 362 g/mol. The summed E-state index contributed by atoms with van der Waals surface area (Å²) in [6, 6.07) is 9.80. The first-order valence-corrected chi connectivity index (χ1v) is 10.6. The van der Waals surface area contributed by atoms with Gasteiger partial charge in [-0.15, -0.1) is 0 Å². The number of rotatable bonds is 4. The van der Waals surface area contributed by atoms with Crippen LogP contribution < -0.4 is 10.2 Å². The fraction of sp³-hybridized carbons (Fsp3) is 0.417. The van der Waals surface area contributed by atoms with Gasteiger partial charge >= 0.3 is 0 Å². The van der Waals surface area contributed by atoms with Crippen molar-refractivity contribution >= 4 is 28.1 Å². The largest absolute Gasteiger partial charge is 0.384 e. The number of nitrogens with zero attached hydrogens (tertiary/aromatic N) is 2. The first-order chi connectivity index (χ1) is 14.0. The summed E-state index contributed by atoms with van der Waals surface area (Å²) in [5, 5.41) is 8.86. The molecule has 0 unspecified atom stereocenters. The highest BCUT2D eigenvalue weighted by atomic mass is 16.5. The molecule has 3 aromatic rings. The van der Waals surface area contributed by atoms with E-state index in [4.69, 9.17) is 4.52 Å². The van der Waals surface area contributed by atoms with E-state index >= 15 is 0 Å². The molecule has 150 valence electrons. The molecule has 5 heteroatoms. The standard InChI is InChI=1S/C24H27N3O2/c1-14(2)12-25-18-11-19(27-10-6-7-15(3)13-27)22-21-20(18)23(28)16-8-4-5-9-17(16)24(21)29-26-22/h4-5,8-9,11,14-15,25H,6-7,10,12-13H2,1-3H3/t15-/m0/s1. The van der Waals surface area contributed by atoms with Crippen molar-refractivity contribution in [2.75, 3.05) is 29.9 Å². The Morgan fingerprint density at radius 1 is 1.28 bits per heavy atom. The molecule has 1 aromatic heterocycles. The van der Waals surface area contributed by atoms with Crippen LogP contribution in [0.15, 0.2) is 34.9 Å². The zero-order chi connectivity index (χ0) is 20.1. The molecule has 1 atom stereocenters. The Kier molecular flexibility index (Phi) is 4.34. The van der Waals surface area contributed by atoms with Crippen molar-refractivity contribution in [3.8, 4) is 11.3 Å². The second kappa shape index (κ2) is 6.90. The third-order valence-corrected chi connectivity index (χ3v) is 6.08. The van der Waals surface area contributed by atoms with Crippen LogP contribution in [0.3, 0.4) is 0 Å². The van der Waals surface area contributed by atoms with Gasteiger partial charge in [0.05, 0.1) is 16.6 Å². The molecule has 29 heavy (non-hydrogen) atoms. The van der Waals surface area contributed by atoms with Crippen molar-refractivity contribution in [3.63, 3.8) is 0 Å². The molecule has 1 aliphatic heterocycles. The number of piperidine rings is 1. The van der Waals surface area contributed by atoms with Crippen LogP contribution in [0.4, 0.5) is 11.4 Å². The van der Waals surface area contributed by atoms with Gasteiger partial charge in [-0.2, -0.15) is 0 Å². The van der Waals surface area contributed by atoms with E-state index in [-0.39, 0.29) is 5.78 Å². The summed E-state index contributed by atoms with van der Waals surface area (Å²) >= 11 is 0. The van der Waals surface area contributed by atoms with Gasteiger partial charge in [-0.3, -0.25) is 4.79 Å². The number of carbonyl (C=O) groups is 1. The van der Waals surface area contributed by atoms with Crippen LogP contribution in [0.25, 0.3) is 22.2 Å². The average Bonchev–Trinajstić information content (AvgIpc) is 3.15. The predicted octanol–water partition coefficient (Wildman–Crippen LogP) is 5.34. The fourth-order valence-corrected chi connectivity index (χ4v) is 4.65. The molecule has 2 aliphatic rings. The number of hydrogen-bond donors (Lipinski definition) is 1. The molecule has 1 aliphatic carbocycles. The van der Waals surface area contributed by atoms with Gasteiger partial charge in [0.1, 0.15) is 5.52 Å². The van der Waals surface area contributed by atoms with Gasteiger partial charge in [0.2, 0.25) is 0 Å². The number of nitrogens with one attached hydrogen (secondary N) is 1. The average molecular weight is 389 g/mol. The highest BCUT2D eigenvalue weighted by molar-refractivity contribution is 6.28. The molecule has 1 saturated heterocycles. The summed E-state index contributed by atoms with van der Waals surface area (Å²) in [6.45, 7) is 9.47. The highest BCUT2D eigenvalue weighted by Crippen LogP contribution is 2.46. The Labute approximate surface area is 171 Å². The number of hydrogen-bond acceptors (Lipinski definition) is 5. The van der Waals surface area contributed by atoms with E-state index in [1.165, 1.54) is 12.8 Å². The number of anilines is 2. The van der Waals surface area contributed by atoms with E-state index in [9.17, 15) is 4.79 Å². The van der Waals surface area contributed by atoms with E-state index < -0.39 is 0 Å². The van der Waals surface area contributed by atoms with Crippen molar-refractivity contribution in [1.29, 1.82) is 0 Å². The maximum atomic E-state index is 13.5. The molecule has 1 N–H and O–H groups in total. The van der Waals surface area contributed by atoms with Crippen LogP contribution in [-0.4, -0.2) is 30.6 Å². The fourth-order valence-electron chi connectivity index (χ4n) is 4.65. The van der Waals surface area contributed by atoms with Crippen molar-refractivity contribution in [1.82, 2.24) is 5.16 Å². The SMILES string of the molecule is CC(C)CNc1cc(N2CCC[C@H](C)C2)c2noc3c2c1C(=O)c1ccccc1-3. The zero-order valence-electron chi connectivity index (χ0n) is 17.3. The topological polar surface area (TPSA) is 58.4 Å². The predicted molar refractivity (Wildman–Crippen MR) is 117 cm³/mol. The molecule has 0 bridgehead atoms. The van der Waals surface area contributed by atoms with Gasteiger partial charge in [0, 0.05) is 36.4 Å². The molecule has 0 amide bonds. The number of fused-ring (bicyclic) bond motifs is 2. The van der Waals surface area contributed by atoms with Crippen molar-refractivity contribution in [2.24, 2.45) is 11.8 Å². The van der Waals surface area contributed by atoms with Crippen LogP contribution in [0.5, 0.6) is 0 Å². The normalized spacial score (nSPS) is 18.4. The van der Waals surface area contributed by atoms with Gasteiger partial charge in [-0.05, 0) is 30.7 Å². The van der Waals surface area contributed by atoms with Gasteiger partial charge < -0.3 is 14.7 Å². The van der Waals surface area contributed by atoms with Gasteiger partial charge in [0.15, 0.2) is 11.5 Å². The smallest absolute Gasteiger partial charge is 0.196 e. The second-order valence-electron chi connectivity index (χ2n) is 8.90. The lowest BCUT2D eigenvalue weighted by Gasteiger charge is -2.33. The van der Waals surface area contributed by atoms with Crippen LogP contribution in [0.1, 0.15) is 49.5 Å². The lowest BCUT2D eigenvalue weighted by Crippen LogP contribution is -2.34. The Hall–Kier alpha value is -2.82. The van der Waals surface area contributed by atoms with Crippen LogP contribution in [-0.2, 0) is 0 Å². The third kappa shape index (κ3) is 2.91. The van der Waals surface area contributed by atoms with Gasteiger partial charge in [-0.25, -0.2) is 0 Å². The van der Waals surface area contributed by atoms with E-state index in [0.717, 1.165) is 47.5 Å². The number of aromatic nitrogens is 1. The van der Waals surface area contributed by atoms with Crippen molar-refractivity contribution in [2.45, 2.75) is 33.6 Å². The van der Waals surface area contributed by atoms with E-state index in [1.54, 1.807) is 0 Å². The van der Waals surface area contributed by atoms with Gasteiger partial charge in [-0.1, -0.05) is 50.2 Å². The number of carbonyl (C=O) groups excluding carboxylic acids is 1. The minimum absolute atomic E-state index is 0.0473. The minimum atomic E-state index is 0.0473. The Morgan fingerprint density at radius 3 is 2.83 bits per heavy atom. The van der Waals surface area contributed by atoms with E-state index in [1.807, 2.05) is 24.3 Å². The first-order valence-electron chi connectivity index (χ1n) is 10.6. The summed E-state index contributed by atoms with van der Waals surface area (Å²) < 4.78 is 5.85. The molecule has 5 nitrogen and oxygen atoms in total. The molecular formula is C24H27N3O2. The molecule has 5 rings (SSSR count).